The van der Waals surface area contributed by atoms with Gasteiger partial charge in [-0.05, 0) is 23.7 Å². The largest absolute Gasteiger partial charge is 0.321 e. The number of nitrogens with zero attached hydrogens (tertiary/aromatic N) is 4. The van der Waals surface area contributed by atoms with Gasteiger partial charge in [-0.15, -0.1) is 0 Å². The Morgan fingerprint density at radius 2 is 2.00 bits per heavy atom. The van der Waals surface area contributed by atoms with E-state index < -0.39 is 0 Å². The number of thiazole rings is 1. The van der Waals surface area contributed by atoms with E-state index in [1.165, 1.54) is 17.5 Å². The van der Waals surface area contributed by atoms with E-state index in [0.29, 0.717) is 28.2 Å². The first-order valence-corrected chi connectivity index (χ1v) is 8.33. The standard InChI is InChI=1S/C15H13ClN6OS/c1-2-11-19-13(16)21-14(20-11)22-15-17-8-10(24-15)12(23)18-9-6-4-3-5-7-9/h3-8H,2H2,1H3,(H,18,23)(H,17,19,20,21,22). The molecule has 0 aliphatic carbocycles. The lowest BCUT2D eigenvalue weighted by Crippen LogP contribution is -2.09. The molecule has 0 atom stereocenters. The molecule has 0 unspecified atom stereocenters. The van der Waals surface area contributed by atoms with Gasteiger partial charge < -0.3 is 5.32 Å². The second-order valence-corrected chi connectivity index (χ2v) is 6.04. The summed E-state index contributed by atoms with van der Waals surface area (Å²) in [5.74, 6) is 0.655. The summed E-state index contributed by atoms with van der Waals surface area (Å²) in [7, 11) is 0. The summed E-state index contributed by atoms with van der Waals surface area (Å²) in [5.41, 5.74) is 0.724. The first kappa shape index (κ1) is 16.3. The molecule has 2 heterocycles. The van der Waals surface area contributed by atoms with Crippen molar-refractivity contribution in [2.75, 3.05) is 10.6 Å². The minimum Gasteiger partial charge on any atom is -0.321 e. The van der Waals surface area contributed by atoms with Crippen LogP contribution in [0.25, 0.3) is 0 Å². The van der Waals surface area contributed by atoms with Crippen LogP contribution in [0.5, 0.6) is 0 Å². The van der Waals surface area contributed by atoms with Crippen LogP contribution in [0.3, 0.4) is 0 Å². The molecule has 0 radical (unpaired) electrons. The molecule has 0 saturated carbocycles. The fraction of sp³-hybridized carbons (Fsp3) is 0.133. The molecule has 1 amide bonds. The fourth-order valence-electron chi connectivity index (χ4n) is 1.85. The Morgan fingerprint density at radius 3 is 2.75 bits per heavy atom. The summed E-state index contributed by atoms with van der Waals surface area (Å²) in [6, 6.07) is 9.22. The number of nitrogens with one attached hydrogen (secondary N) is 2. The summed E-state index contributed by atoms with van der Waals surface area (Å²) in [6.45, 7) is 1.92. The summed E-state index contributed by atoms with van der Waals surface area (Å²) in [5, 5.41) is 6.35. The molecule has 2 aromatic heterocycles. The molecule has 0 saturated heterocycles. The number of hydrogen-bond donors (Lipinski definition) is 2. The minimum atomic E-state index is -0.227. The first-order chi connectivity index (χ1) is 11.6. The van der Waals surface area contributed by atoms with Crippen molar-refractivity contribution in [1.82, 2.24) is 19.9 Å². The molecule has 3 rings (SSSR count). The van der Waals surface area contributed by atoms with Crippen molar-refractivity contribution >= 4 is 45.6 Å². The third-order valence-corrected chi connectivity index (χ3v) is 4.03. The Hall–Kier alpha value is -2.58. The average molecular weight is 361 g/mol. The van der Waals surface area contributed by atoms with E-state index in [4.69, 9.17) is 11.6 Å². The Balaban J connectivity index is 1.71. The molecule has 9 heteroatoms. The lowest BCUT2D eigenvalue weighted by atomic mass is 10.3. The Labute approximate surface area is 147 Å². The highest BCUT2D eigenvalue weighted by atomic mass is 35.5. The highest BCUT2D eigenvalue weighted by Gasteiger charge is 2.12. The first-order valence-electron chi connectivity index (χ1n) is 7.13. The number of benzene rings is 1. The van der Waals surface area contributed by atoms with Gasteiger partial charge in [-0.3, -0.25) is 10.1 Å². The van der Waals surface area contributed by atoms with Gasteiger partial charge in [0.15, 0.2) is 5.13 Å². The van der Waals surface area contributed by atoms with Crippen LogP contribution in [0, 0.1) is 0 Å². The zero-order valence-corrected chi connectivity index (χ0v) is 14.2. The van der Waals surface area contributed by atoms with Crippen molar-refractivity contribution in [1.29, 1.82) is 0 Å². The highest BCUT2D eigenvalue weighted by Crippen LogP contribution is 2.22. The van der Waals surface area contributed by atoms with Gasteiger partial charge >= 0.3 is 0 Å². The van der Waals surface area contributed by atoms with Crippen molar-refractivity contribution in [3.63, 3.8) is 0 Å². The minimum absolute atomic E-state index is 0.114. The number of carbonyl (C=O) groups is 1. The predicted octanol–water partition coefficient (Wildman–Crippen LogP) is 3.54. The van der Waals surface area contributed by atoms with Gasteiger partial charge in [0.25, 0.3) is 5.91 Å². The van der Waals surface area contributed by atoms with Crippen molar-refractivity contribution in [3.8, 4) is 0 Å². The van der Waals surface area contributed by atoms with Gasteiger partial charge in [-0.25, -0.2) is 9.97 Å². The van der Waals surface area contributed by atoms with Gasteiger partial charge in [0.2, 0.25) is 11.2 Å². The molecule has 0 spiro atoms. The molecule has 0 fully saturated rings. The smallest absolute Gasteiger partial charge is 0.267 e. The van der Waals surface area contributed by atoms with Crippen LogP contribution in [-0.4, -0.2) is 25.8 Å². The number of anilines is 3. The molecular weight excluding hydrogens is 348 g/mol. The third-order valence-electron chi connectivity index (χ3n) is 2.95. The molecule has 24 heavy (non-hydrogen) atoms. The van der Waals surface area contributed by atoms with Gasteiger partial charge in [0.05, 0.1) is 6.20 Å². The molecule has 0 aliphatic heterocycles. The van der Waals surface area contributed by atoms with E-state index in [-0.39, 0.29) is 11.2 Å². The van der Waals surface area contributed by atoms with Crippen molar-refractivity contribution in [2.24, 2.45) is 0 Å². The number of carbonyl (C=O) groups excluding carboxylic acids is 1. The second-order valence-electron chi connectivity index (χ2n) is 4.67. The van der Waals surface area contributed by atoms with Crippen LogP contribution in [0.2, 0.25) is 5.28 Å². The number of amides is 1. The van der Waals surface area contributed by atoms with Crippen molar-refractivity contribution in [2.45, 2.75) is 13.3 Å². The van der Waals surface area contributed by atoms with Crippen LogP contribution in [0.4, 0.5) is 16.8 Å². The highest BCUT2D eigenvalue weighted by molar-refractivity contribution is 7.17. The third kappa shape index (κ3) is 4.03. The second kappa shape index (κ2) is 7.33. The van der Waals surface area contributed by atoms with Crippen molar-refractivity contribution < 1.29 is 4.79 Å². The SMILES string of the molecule is CCc1nc(Cl)nc(Nc2ncc(C(=O)Nc3ccccc3)s2)n1. The maximum absolute atomic E-state index is 12.2. The molecule has 1 aromatic carbocycles. The number of para-hydroxylation sites is 1. The Kier molecular flexibility index (Phi) is 4.97. The van der Waals surface area contributed by atoms with Crippen LogP contribution < -0.4 is 10.6 Å². The monoisotopic (exact) mass is 360 g/mol. The van der Waals surface area contributed by atoms with Gasteiger partial charge in [-0.1, -0.05) is 36.5 Å². The number of aryl methyl sites for hydroxylation is 1. The van der Waals surface area contributed by atoms with E-state index >= 15 is 0 Å². The van der Waals surface area contributed by atoms with Crippen LogP contribution in [0.15, 0.2) is 36.5 Å². The van der Waals surface area contributed by atoms with Gasteiger partial charge in [-0.2, -0.15) is 9.97 Å². The van der Waals surface area contributed by atoms with E-state index in [0.717, 1.165) is 5.69 Å². The summed E-state index contributed by atoms with van der Waals surface area (Å²) in [6.07, 6.45) is 2.13. The summed E-state index contributed by atoms with van der Waals surface area (Å²) in [4.78, 5) is 29.0. The Bertz CT molecular complexity index is 854. The van der Waals surface area contributed by atoms with E-state index in [2.05, 4.69) is 30.6 Å². The number of halogens is 1. The predicted molar refractivity (Wildman–Crippen MR) is 94.0 cm³/mol. The quantitative estimate of drug-likeness (QED) is 0.722. The molecule has 0 aliphatic rings. The van der Waals surface area contributed by atoms with Gasteiger partial charge in [0.1, 0.15) is 10.7 Å². The van der Waals surface area contributed by atoms with Crippen LogP contribution >= 0.6 is 22.9 Å². The topological polar surface area (TPSA) is 92.7 Å². The molecule has 3 aromatic rings. The zero-order valence-electron chi connectivity index (χ0n) is 12.7. The summed E-state index contributed by atoms with van der Waals surface area (Å²) >= 11 is 7.05. The number of rotatable bonds is 5. The maximum Gasteiger partial charge on any atom is 0.267 e. The number of aromatic nitrogens is 4. The van der Waals surface area contributed by atoms with Crippen LogP contribution in [0.1, 0.15) is 22.4 Å². The fourth-order valence-corrected chi connectivity index (χ4v) is 2.73. The lowest BCUT2D eigenvalue weighted by molar-refractivity contribution is 0.103. The maximum atomic E-state index is 12.2. The summed E-state index contributed by atoms with van der Waals surface area (Å²) < 4.78 is 0. The van der Waals surface area contributed by atoms with E-state index in [9.17, 15) is 4.79 Å². The zero-order chi connectivity index (χ0) is 16.9. The van der Waals surface area contributed by atoms with Gasteiger partial charge in [0, 0.05) is 12.1 Å². The normalized spacial score (nSPS) is 10.4. The van der Waals surface area contributed by atoms with Crippen LogP contribution in [-0.2, 0) is 6.42 Å². The Morgan fingerprint density at radius 1 is 1.21 bits per heavy atom. The molecule has 0 bridgehead atoms. The molecular formula is C15H13ClN6OS. The number of hydrogen-bond acceptors (Lipinski definition) is 7. The molecule has 2 N–H and O–H groups in total. The molecule has 122 valence electrons. The van der Waals surface area contributed by atoms with E-state index in [1.54, 1.807) is 0 Å². The average Bonchev–Trinajstić information content (AvgIpc) is 3.04. The lowest BCUT2D eigenvalue weighted by Gasteiger charge is -2.03. The van der Waals surface area contributed by atoms with E-state index in [1.807, 2.05) is 37.3 Å². The molecule has 7 nitrogen and oxygen atoms in total. The van der Waals surface area contributed by atoms with Crippen molar-refractivity contribution in [3.05, 3.63) is 52.5 Å².